The fourth-order valence-corrected chi connectivity index (χ4v) is 2.86. The largest absolute Gasteiger partial charge is 0.395 e. The number of β-amino-alcohol motifs (C(OH)–C–C–N with tert-alkyl or cyclic N) is 1. The van der Waals surface area contributed by atoms with Gasteiger partial charge in [-0.05, 0) is 25.5 Å². The molecule has 0 amide bonds. The van der Waals surface area contributed by atoms with Crippen molar-refractivity contribution >= 4 is 5.78 Å². The second-order valence-corrected chi connectivity index (χ2v) is 5.75. The average Bonchev–Trinajstić information content (AvgIpc) is 2.49. The summed E-state index contributed by atoms with van der Waals surface area (Å²) in [4.78, 5) is 16.9. The van der Waals surface area contributed by atoms with Gasteiger partial charge in [0.25, 0.3) is 0 Å². The van der Waals surface area contributed by atoms with E-state index in [2.05, 4.69) is 9.80 Å². The number of carbonyl (C=O) groups excluding carboxylic acids is 1. The van der Waals surface area contributed by atoms with E-state index >= 15 is 0 Å². The fraction of sp³-hybridized carbons (Fsp3) is 0.588. The first-order valence-electron chi connectivity index (χ1n) is 7.85. The van der Waals surface area contributed by atoms with E-state index in [0.29, 0.717) is 6.42 Å². The van der Waals surface area contributed by atoms with Crippen molar-refractivity contribution in [2.24, 2.45) is 0 Å². The van der Waals surface area contributed by atoms with Gasteiger partial charge in [-0.2, -0.15) is 0 Å². The molecule has 2 rings (SSSR count). The topological polar surface area (TPSA) is 43.8 Å². The maximum atomic E-state index is 12.2. The Hall–Kier alpha value is -1.23. The number of rotatable bonds is 7. The first kappa shape index (κ1) is 16.1. The van der Waals surface area contributed by atoms with Gasteiger partial charge in [-0.3, -0.25) is 9.69 Å². The molecule has 1 heterocycles. The monoisotopic (exact) mass is 290 g/mol. The number of aliphatic hydroxyl groups is 1. The number of piperazine rings is 1. The molecule has 1 aromatic carbocycles. The molecule has 1 fully saturated rings. The summed E-state index contributed by atoms with van der Waals surface area (Å²) in [5.74, 6) is 0.256. The number of nitrogens with zero attached hydrogens (tertiary/aromatic N) is 2. The van der Waals surface area contributed by atoms with E-state index in [9.17, 15) is 4.79 Å². The molecule has 0 bridgehead atoms. The number of aliphatic hydroxyl groups excluding tert-OH is 1. The molecule has 0 unspecified atom stereocenters. The lowest BCUT2D eigenvalue weighted by Crippen LogP contribution is -2.47. The Morgan fingerprint density at radius 3 is 2.33 bits per heavy atom. The number of Topliss-reactive ketones (excluding diaryl/α,β-unsaturated/α-hetero) is 1. The molecule has 1 aliphatic heterocycles. The maximum absolute atomic E-state index is 12.2. The third kappa shape index (κ3) is 4.92. The predicted octanol–water partition coefficient (Wildman–Crippen LogP) is 1.57. The van der Waals surface area contributed by atoms with Crippen molar-refractivity contribution in [1.82, 2.24) is 9.80 Å². The molecule has 1 aromatic rings. The lowest BCUT2D eigenvalue weighted by atomic mass is 10.0. The lowest BCUT2D eigenvalue weighted by Gasteiger charge is -2.34. The zero-order chi connectivity index (χ0) is 15.1. The van der Waals surface area contributed by atoms with Crippen LogP contribution in [0.3, 0.4) is 0 Å². The molecule has 4 heteroatoms. The highest BCUT2D eigenvalue weighted by Gasteiger charge is 2.16. The van der Waals surface area contributed by atoms with E-state index in [0.717, 1.165) is 56.8 Å². The molecule has 116 valence electrons. The summed E-state index contributed by atoms with van der Waals surface area (Å²) >= 11 is 0. The van der Waals surface area contributed by atoms with Gasteiger partial charge < -0.3 is 10.0 Å². The number of aryl methyl sites for hydroxylation is 1. The Labute approximate surface area is 127 Å². The van der Waals surface area contributed by atoms with Crippen molar-refractivity contribution in [1.29, 1.82) is 0 Å². The van der Waals surface area contributed by atoms with E-state index in [4.69, 9.17) is 5.11 Å². The van der Waals surface area contributed by atoms with Crippen LogP contribution < -0.4 is 0 Å². The van der Waals surface area contributed by atoms with Crippen LogP contribution in [-0.4, -0.2) is 66.6 Å². The van der Waals surface area contributed by atoms with Crippen LogP contribution in [0.25, 0.3) is 0 Å². The summed E-state index contributed by atoms with van der Waals surface area (Å²) in [6, 6.07) is 7.82. The Morgan fingerprint density at radius 1 is 1.10 bits per heavy atom. The number of hydrogen-bond donors (Lipinski definition) is 1. The molecule has 0 atom stereocenters. The lowest BCUT2D eigenvalue weighted by molar-refractivity contribution is 0.0948. The van der Waals surface area contributed by atoms with E-state index in [1.165, 1.54) is 0 Å². The van der Waals surface area contributed by atoms with Gasteiger partial charge in [-0.25, -0.2) is 0 Å². The molecule has 0 aromatic heterocycles. The Kier molecular flexibility index (Phi) is 6.36. The number of benzene rings is 1. The molecule has 0 aliphatic carbocycles. The molecule has 21 heavy (non-hydrogen) atoms. The Morgan fingerprint density at radius 2 is 1.71 bits per heavy atom. The van der Waals surface area contributed by atoms with Gasteiger partial charge in [0.05, 0.1) is 6.61 Å². The zero-order valence-electron chi connectivity index (χ0n) is 12.9. The summed E-state index contributed by atoms with van der Waals surface area (Å²) in [5, 5.41) is 8.92. The van der Waals surface area contributed by atoms with Crippen molar-refractivity contribution < 1.29 is 9.90 Å². The zero-order valence-corrected chi connectivity index (χ0v) is 12.9. The average molecular weight is 290 g/mol. The number of carbonyl (C=O) groups is 1. The summed E-state index contributed by atoms with van der Waals surface area (Å²) < 4.78 is 0. The van der Waals surface area contributed by atoms with Crippen molar-refractivity contribution in [2.45, 2.75) is 19.8 Å². The maximum Gasteiger partial charge on any atom is 0.163 e. The van der Waals surface area contributed by atoms with Gasteiger partial charge in [0.2, 0.25) is 0 Å². The van der Waals surface area contributed by atoms with Crippen LogP contribution in [0.2, 0.25) is 0 Å². The van der Waals surface area contributed by atoms with Crippen LogP contribution in [0, 0.1) is 6.92 Å². The Balaban J connectivity index is 1.68. The van der Waals surface area contributed by atoms with Gasteiger partial charge in [-0.1, -0.05) is 24.3 Å². The normalized spacial score (nSPS) is 17.0. The molecular weight excluding hydrogens is 264 g/mol. The molecule has 1 N–H and O–H groups in total. The summed E-state index contributed by atoms with van der Waals surface area (Å²) in [6.07, 6.45) is 1.55. The van der Waals surface area contributed by atoms with Gasteiger partial charge in [0, 0.05) is 44.7 Å². The van der Waals surface area contributed by atoms with E-state index in [1.54, 1.807) is 0 Å². The standard InChI is InChI=1S/C17H26N2O2/c1-15-5-2-3-6-16(15)17(21)7-4-8-18-9-11-19(12-10-18)13-14-20/h2-3,5-6,20H,4,7-14H2,1H3. The van der Waals surface area contributed by atoms with E-state index < -0.39 is 0 Å². The van der Waals surface area contributed by atoms with Gasteiger partial charge in [-0.15, -0.1) is 0 Å². The predicted molar refractivity (Wildman–Crippen MR) is 84.7 cm³/mol. The first-order valence-corrected chi connectivity index (χ1v) is 7.85. The van der Waals surface area contributed by atoms with Crippen LogP contribution in [0.15, 0.2) is 24.3 Å². The molecule has 1 saturated heterocycles. The van der Waals surface area contributed by atoms with E-state index in [-0.39, 0.29) is 12.4 Å². The third-order valence-corrected chi connectivity index (χ3v) is 4.20. The summed E-state index contributed by atoms with van der Waals surface area (Å²) in [7, 11) is 0. The summed E-state index contributed by atoms with van der Waals surface area (Å²) in [5.41, 5.74) is 1.94. The van der Waals surface area contributed by atoms with Crippen LogP contribution >= 0.6 is 0 Å². The van der Waals surface area contributed by atoms with Crippen LogP contribution in [0.1, 0.15) is 28.8 Å². The van der Waals surface area contributed by atoms with Crippen LogP contribution in [0.5, 0.6) is 0 Å². The SMILES string of the molecule is Cc1ccccc1C(=O)CCCN1CCN(CCO)CC1. The first-order chi connectivity index (χ1) is 10.2. The van der Waals surface area contributed by atoms with Crippen molar-refractivity contribution in [3.8, 4) is 0 Å². The van der Waals surface area contributed by atoms with Crippen molar-refractivity contribution in [3.05, 3.63) is 35.4 Å². The summed E-state index contributed by atoms with van der Waals surface area (Å²) in [6.45, 7) is 8.12. The molecule has 0 spiro atoms. The highest BCUT2D eigenvalue weighted by Crippen LogP contribution is 2.11. The van der Waals surface area contributed by atoms with Gasteiger partial charge >= 0.3 is 0 Å². The van der Waals surface area contributed by atoms with Gasteiger partial charge in [0.1, 0.15) is 0 Å². The number of hydrogen-bond acceptors (Lipinski definition) is 4. The smallest absolute Gasteiger partial charge is 0.163 e. The van der Waals surface area contributed by atoms with Crippen LogP contribution in [0.4, 0.5) is 0 Å². The van der Waals surface area contributed by atoms with Crippen LogP contribution in [-0.2, 0) is 0 Å². The molecular formula is C17H26N2O2. The van der Waals surface area contributed by atoms with Crippen molar-refractivity contribution in [2.75, 3.05) is 45.9 Å². The second-order valence-electron chi connectivity index (χ2n) is 5.75. The van der Waals surface area contributed by atoms with Crippen molar-refractivity contribution in [3.63, 3.8) is 0 Å². The minimum Gasteiger partial charge on any atom is -0.395 e. The fourth-order valence-electron chi connectivity index (χ4n) is 2.86. The molecule has 0 radical (unpaired) electrons. The second kappa shape index (κ2) is 8.27. The van der Waals surface area contributed by atoms with E-state index in [1.807, 2.05) is 31.2 Å². The quantitative estimate of drug-likeness (QED) is 0.774. The minimum absolute atomic E-state index is 0.241. The highest BCUT2D eigenvalue weighted by atomic mass is 16.3. The Bertz CT molecular complexity index is 454. The highest BCUT2D eigenvalue weighted by molar-refractivity contribution is 5.97. The minimum atomic E-state index is 0.241. The molecule has 1 aliphatic rings. The molecule has 4 nitrogen and oxygen atoms in total. The molecule has 0 saturated carbocycles. The third-order valence-electron chi connectivity index (χ3n) is 4.20. The van der Waals surface area contributed by atoms with Gasteiger partial charge in [0.15, 0.2) is 5.78 Å². The number of ketones is 1.